The summed E-state index contributed by atoms with van der Waals surface area (Å²) in [5.74, 6) is 0.537. The predicted octanol–water partition coefficient (Wildman–Crippen LogP) is 4.73. The Balaban J connectivity index is 1.60. The second kappa shape index (κ2) is 10.7. The fourth-order valence-corrected chi connectivity index (χ4v) is 4.34. The van der Waals surface area contributed by atoms with E-state index in [4.69, 9.17) is 16.3 Å². The summed E-state index contributed by atoms with van der Waals surface area (Å²) < 4.78 is 31.7. The van der Waals surface area contributed by atoms with Crippen LogP contribution in [-0.4, -0.2) is 33.7 Å². The molecule has 33 heavy (non-hydrogen) atoms. The van der Waals surface area contributed by atoms with Gasteiger partial charge in [-0.05, 0) is 67.4 Å². The molecule has 174 valence electrons. The molecule has 0 saturated heterocycles. The van der Waals surface area contributed by atoms with Gasteiger partial charge in [-0.25, -0.2) is 8.42 Å². The topological polar surface area (TPSA) is 75.7 Å². The first kappa shape index (κ1) is 24.6. The molecule has 0 aliphatic heterocycles. The van der Waals surface area contributed by atoms with Crippen LogP contribution < -0.4 is 14.4 Å². The maximum absolute atomic E-state index is 12.5. The second-order valence-electron chi connectivity index (χ2n) is 7.82. The Kier molecular flexibility index (Phi) is 8.00. The molecule has 0 atom stereocenters. The average Bonchev–Trinajstić information content (AvgIpc) is 2.76. The number of amides is 1. The summed E-state index contributed by atoms with van der Waals surface area (Å²) in [7, 11) is -3.53. The largest absolute Gasteiger partial charge is 0.491 e. The van der Waals surface area contributed by atoms with Gasteiger partial charge in [0, 0.05) is 10.6 Å². The van der Waals surface area contributed by atoms with Crippen molar-refractivity contribution in [3.05, 3.63) is 94.0 Å². The van der Waals surface area contributed by atoms with Crippen LogP contribution >= 0.6 is 11.6 Å². The van der Waals surface area contributed by atoms with Crippen LogP contribution in [0.1, 0.15) is 27.0 Å². The molecule has 0 aromatic heterocycles. The lowest BCUT2D eigenvalue weighted by atomic mass is 10.1. The van der Waals surface area contributed by atoms with Gasteiger partial charge in [-0.15, -0.1) is 0 Å². The summed E-state index contributed by atoms with van der Waals surface area (Å²) in [6.07, 6.45) is 1.15. The van der Waals surface area contributed by atoms with Crippen LogP contribution in [0.3, 0.4) is 0 Å². The molecule has 0 aliphatic carbocycles. The predicted molar refractivity (Wildman–Crippen MR) is 133 cm³/mol. The molecule has 0 heterocycles. The molecule has 3 aromatic carbocycles. The van der Waals surface area contributed by atoms with Crippen LogP contribution in [0.2, 0.25) is 5.02 Å². The normalized spacial score (nSPS) is 11.2. The van der Waals surface area contributed by atoms with E-state index in [1.165, 1.54) is 9.87 Å². The number of nitrogens with one attached hydrogen (secondary N) is 1. The molecule has 8 heteroatoms. The maximum atomic E-state index is 12.5. The Hall–Kier alpha value is -3.03. The van der Waals surface area contributed by atoms with Gasteiger partial charge in [0.2, 0.25) is 10.0 Å². The minimum absolute atomic E-state index is 0.164. The van der Waals surface area contributed by atoms with E-state index in [1.807, 2.05) is 32.0 Å². The number of hydrogen-bond donors (Lipinski definition) is 1. The van der Waals surface area contributed by atoms with Crippen molar-refractivity contribution in [2.75, 3.05) is 23.7 Å². The molecule has 1 amide bonds. The van der Waals surface area contributed by atoms with E-state index in [1.54, 1.807) is 48.5 Å². The highest BCUT2D eigenvalue weighted by Crippen LogP contribution is 2.22. The molecule has 6 nitrogen and oxygen atoms in total. The quantitative estimate of drug-likeness (QED) is 0.443. The van der Waals surface area contributed by atoms with Crippen molar-refractivity contribution in [2.45, 2.75) is 20.4 Å². The number of anilines is 1. The number of carbonyl (C=O) groups excluding carboxylic acids is 1. The lowest BCUT2D eigenvalue weighted by molar-refractivity contribution is 0.0947. The van der Waals surface area contributed by atoms with Crippen LogP contribution in [0, 0.1) is 13.8 Å². The molecule has 0 aliphatic rings. The van der Waals surface area contributed by atoms with Crippen LogP contribution in [0.5, 0.6) is 5.75 Å². The summed E-state index contributed by atoms with van der Waals surface area (Å²) in [4.78, 5) is 12.5. The second-order valence-corrected chi connectivity index (χ2v) is 10.2. The maximum Gasteiger partial charge on any atom is 0.251 e. The minimum atomic E-state index is -3.53. The number of aryl methyl sites for hydroxylation is 2. The standard InChI is InChI=1S/C25H27ClN2O4S/c1-18-4-13-24(19(2)16-18)32-15-14-27-25(29)21-7-11-23(12-8-21)28(33(3,30)31)17-20-5-9-22(26)10-6-20/h4-13,16H,14-15,17H2,1-3H3,(H,27,29). The van der Waals surface area contributed by atoms with Crippen molar-refractivity contribution in [3.63, 3.8) is 0 Å². The summed E-state index contributed by atoms with van der Waals surface area (Å²) in [5.41, 5.74) is 3.92. The number of benzene rings is 3. The Bertz CT molecular complexity index is 1210. The van der Waals surface area contributed by atoms with Gasteiger partial charge in [-0.2, -0.15) is 0 Å². The van der Waals surface area contributed by atoms with E-state index < -0.39 is 10.0 Å². The minimum Gasteiger partial charge on any atom is -0.491 e. The Morgan fingerprint density at radius 2 is 1.67 bits per heavy atom. The van der Waals surface area contributed by atoms with Crippen LogP contribution in [-0.2, 0) is 16.6 Å². The third-order valence-electron chi connectivity index (χ3n) is 5.03. The van der Waals surface area contributed by atoms with Crippen molar-refractivity contribution in [1.29, 1.82) is 0 Å². The SMILES string of the molecule is Cc1ccc(OCCNC(=O)c2ccc(N(Cc3ccc(Cl)cc3)S(C)(=O)=O)cc2)c(C)c1. The van der Waals surface area contributed by atoms with Crippen molar-refractivity contribution in [1.82, 2.24) is 5.32 Å². The van der Waals surface area contributed by atoms with Crippen molar-refractivity contribution >= 4 is 33.2 Å². The molecule has 1 N–H and O–H groups in total. The van der Waals surface area contributed by atoms with Crippen LogP contribution in [0.15, 0.2) is 66.7 Å². The molecule has 0 saturated carbocycles. The number of carbonyl (C=O) groups is 1. The molecular formula is C25H27ClN2O4S. The van der Waals surface area contributed by atoms with Gasteiger partial charge in [0.25, 0.3) is 5.91 Å². The van der Waals surface area contributed by atoms with Crippen molar-refractivity contribution < 1.29 is 17.9 Å². The Morgan fingerprint density at radius 3 is 2.27 bits per heavy atom. The molecule has 0 spiro atoms. The molecule has 0 bridgehead atoms. The molecular weight excluding hydrogens is 460 g/mol. The number of sulfonamides is 1. The lowest BCUT2D eigenvalue weighted by Gasteiger charge is -2.23. The van der Waals surface area contributed by atoms with Crippen molar-refractivity contribution in [3.8, 4) is 5.75 Å². The zero-order valence-electron chi connectivity index (χ0n) is 18.8. The first-order valence-corrected chi connectivity index (χ1v) is 12.7. The van der Waals surface area contributed by atoms with Crippen molar-refractivity contribution in [2.24, 2.45) is 0 Å². The van der Waals surface area contributed by atoms with Gasteiger partial charge in [0.1, 0.15) is 12.4 Å². The molecule has 0 fully saturated rings. The number of rotatable bonds is 9. The first-order valence-electron chi connectivity index (χ1n) is 10.4. The Labute approximate surface area is 200 Å². The molecule has 3 rings (SSSR count). The van der Waals surface area contributed by atoms with E-state index >= 15 is 0 Å². The number of hydrogen-bond acceptors (Lipinski definition) is 4. The summed E-state index contributed by atoms with van der Waals surface area (Å²) in [6, 6.07) is 19.4. The highest BCUT2D eigenvalue weighted by molar-refractivity contribution is 7.92. The van der Waals surface area contributed by atoms with Gasteiger partial charge in [-0.1, -0.05) is 41.4 Å². The number of halogens is 1. The van der Waals surface area contributed by atoms with Gasteiger partial charge in [-0.3, -0.25) is 9.10 Å². The third-order valence-corrected chi connectivity index (χ3v) is 6.43. The zero-order valence-corrected chi connectivity index (χ0v) is 20.4. The van der Waals surface area contributed by atoms with Crippen LogP contribution in [0.4, 0.5) is 5.69 Å². The summed E-state index contributed by atoms with van der Waals surface area (Å²) >= 11 is 5.91. The van der Waals surface area contributed by atoms with Gasteiger partial charge in [0.05, 0.1) is 25.0 Å². The molecule has 3 aromatic rings. The smallest absolute Gasteiger partial charge is 0.251 e. The van der Waals surface area contributed by atoms with Gasteiger partial charge < -0.3 is 10.1 Å². The molecule has 0 radical (unpaired) electrons. The first-order chi connectivity index (χ1) is 15.6. The van der Waals surface area contributed by atoms with E-state index in [2.05, 4.69) is 5.32 Å². The van der Waals surface area contributed by atoms with E-state index in [0.29, 0.717) is 29.4 Å². The highest BCUT2D eigenvalue weighted by atomic mass is 35.5. The summed E-state index contributed by atoms with van der Waals surface area (Å²) in [6.45, 7) is 4.86. The number of ether oxygens (including phenoxy) is 1. The lowest BCUT2D eigenvalue weighted by Crippen LogP contribution is -2.30. The highest BCUT2D eigenvalue weighted by Gasteiger charge is 2.18. The van der Waals surface area contributed by atoms with Crippen LogP contribution in [0.25, 0.3) is 0 Å². The Morgan fingerprint density at radius 1 is 1.00 bits per heavy atom. The third kappa shape index (κ3) is 6.97. The average molecular weight is 487 g/mol. The summed E-state index contributed by atoms with van der Waals surface area (Å²) in [5, 5.41) is 3.40. The molecule has 0 unspecified atom stereocenters. The monoisotopic (exact) mass is 486 g/mol. The fraction of sp³-hybridized carbons (Fsp3) is 0.240. The van der Waals surface area contributed by atoms with E-state index in [9.17, 15) is 13.2 Å². The van der Waals surface area contributed by atoms with Gasteiger partial charge in [0.15, 0.2) is 0 Å². The van der Waals surface area contributed by atoms with E-state index in [0.717, 1.165) is 23.1 Å². The van der Waals surface area contributed by atoms with Gasteiger partial charge >= 0.3 is 0 Å². The van der Waals surface area contributed by atoms with E-state index in [-0.39, 0.29) is 12.5 Å². The zero-order chi connectivity index (χ0) is 24.0. The number of nitrogens with zero attached hydrogens (tertiary/aromatic N) is 1. The fourth-order valence-electron chi connectivity index (χ4n) is 3.32.